The molecule has 1 heterocycles. The van der Waals surface area contributed by atoms with E-state index in [2.05, 4.69) is 4.98 Å². The van der Waals surface area contributed by atoms with Gasteiger partial charge < -0.3 is 15.0 Å². The van der Waals surface area contributed by atoms with Gasteiger partial charge in [0, 0.05) is 24.5 Å². The van der Waals surface area contributed by atoms with Gasteiger partial charge in [-0.05, 0) is 6.07 Å². The van der Waals surface area contributed by atoms with Gasteiger partial charge in [0.2, 0.25) is 0 Å². The van der Waals surface area contributed by atoms with Gasteiger partial charge in [0.1, 0.15) is 12.4 Å². The molecule has 1 aromatic heterocycles. The summed E-state index contributed by atoms with van der Waals surface area (Å²) in [5.41, 5.74) is 6.55. The lowest BCUT2D eigenvalue weighted by Crippen LogP contribution is -2.09. The van der Waals surface area contributed by atoms with E-state index in [4.69, 9.17) is 22.1 Å². The summed E-state index contributed by atoms with van der Waals surface area (Å²) < 4.78 is 7.61. The van der Waals surface area contributed by atoms with Gasteiger partial charge in [0.25, 0.3) is 0 Å². The van der Waals surface area contributed by atoms with Gasteiger partial charge in [-0.2, -0.15) is 0 Å². The molecule has 4 nitrogen and oxygen atoms in total. The highest BCUT2D eigenvalue weighted by atomic mass is 35.5. The summed E-state index contributed by atoms with van der Waals surface area (Å²) in [6, 6.07) is 5.58. The van der Waals surface area contributed by atoms with E-state index in [1.807, 2.05) is 22.9 Å². The van der Waals surface area contributed by atoms with Crippen LogP contribution in [-0.4, -0.2) is 16.2 Å². The minimum atomic E-state index is 0.418. The van der Waals surface area contributed by atoms with E-state index in [1.54, 1.807) is 18.6 Å². The van der Waals surface area contributed by atoms with Gasteiger partial charge in [0.15, 0.2) is 0 Å². The van der Waals surface area contributed by atoms with Crippen molar-refractivity contribution in [3.8, 4) is 5.75 Å². The molecule has 0 saturated carbocycles. The van der Waals surface area contributed by atoms with Crippen molar-refractivity contribution in [3.05, 3.63) is 47.5 Å². The van der Waals surface area contributed by atoms with Crippen molar-refractivity contribution in [1.29, 1.82) is 0 Å². The van der Waals surface area contributed by atoms with Crippen molar-refractivity contribution in [2.24, 2.45) is 5.73 Å². The predicted molar refractivity (Wildman–Crippen MR) is 67.1 cm³/mol. The maximum absolute atomic E-state index is 6.07. The fraction of sp³-hybridized carbons (Fsp3) is 0.250. The van der Waals surface area contributed by atoms with E-state index in [9.17, 15) is 0 Å². The highest BCUT2D eigenvalue weighted by molar-refractivity contribution is 6.32. The van der Waals surface area contributed by atoms with Crippen LogP contribution in [0.25, 0.3) is 0 Å². The summed E-state index contributed by atoms with van der Waals surface area (Å²) in [5, 5.41) is 0.596. The lowest BCUT2D eigenvalue weighted by molar-refractivity contribution is 0.295. The molecule has 2 aromatic rings. The Morgan fingerprint density at radius 2 is 2.29 bits per heavy atom. The quantitative estimate of drug-likeness (QED) is 0.885. The maximum atomic E-state index is 6.07. The Morgan fingerprint density at radius 3 is 3.00 bits per heavy atom. The van der Waals surface area contributed by atoms with Crippen molar-refractivity contribution < 1.29 is 4.74 Å². The van der Waals surface area contributed by atoms with E-state index >= 15 is 0 Å². The lowest BCUT2D eigenvalue weighted by atomic mass is 10.2. The summed E-state index contributed by atoms with van der Waals surface area (Å²) in [4.78, 5) is 3.96. The van der Waals surface area contributed by atoms with Gasteiger partial charge in [-0.3, -0.25) is 0 Å². The minimum absolute atomic E-state index is 0.418. The summed E-state index contributed by atoms with van der Waals surface area (Å²) in [6.45, 7) is 1.68. The number of hydrogen-bond acceptors (Lipinski definition) is 3. The van der Waals surface area contributed by atoms with Gasteiger partial charge in [-0.1, -0.05) is 23.7 Å². The topological polar surface area (TPSA) is 53.1 Å². The third kappa shape index (κ3) is 2.99. The van der Waals surface area contributed by atoms with E-state index in [1.165, 1.54) is 0 Å². The molecule has 90 valence electrons. The molecule has 0 fully saturated rings. The van der Waals surface area contributed by atoms with Crippen LogP contribution in [0.2, 0.25) is 5.02 Å². The van der Waals surface area contributed by atoms with Crippen LogP contribution < -0.4 is 10.5 Å². The van der Waals surface area contributed by atoms with Crippen molar-refractivity contribution in [1.82, 2.24) is 9.55 Å². The molecule has 0 spiro atoms. The fourth-order valence-electron chi connectivity index (χ4n) is 1.55. The number of ether oxygens (including phenoxy) is 1. The van der Waals surface area contributed by atoms with Gasteiger partial charge in [-0.25, -0.2) is 4.98 Å². The molecule has 0 unspecified atom stereocenters. The number of imidazole rings is 1. The number of rotatable bonds is 5. The van der Waals surface area contributed by atoms with Crippen molar-refractivity contribution in [2.75, 3.05) is 6.61 Å². The van der Waals surface area contributed by atoms with Crippen LogP contribution in [0.15, 0.2) is 36.9 Å². The molecule has 17 heavy (non-hydrogen) atoms. The van der Waals surface area contributed by atoms with Gasteiger partial charge >= 0.3 is 0 Å². The zero-order valence-electron chi connectivity index (χ0n) is 9.34. The Hall–Kier alpha value is -1.52. The summed E-state index contributed by atoms with van der Waals surface area (Å²) in [6.07, 6.45) is 5.38. The molecule has 0 amide bonds. The van der Waals surface area contributed by atoms with E-state index < -0.39 is 0 Å². The summed E-state index contributed by atoms with van der Waals surface area (Å²) in [7, 11) is 0. The van der Waals surface area contributed by atoms with Crippen LogP contribution in [0.1, 0.15) is 5.56 Å². The summed E-state index contributed by atoms with van der Waals surface area (Å²) >= 11 is 6.07. The molecule has 0 atom stereocenters. The van der Waals surface area contributed by atoms with Crippen LogP contribution in [0.4, 0.5) is 0 Å². The zero-order chi connectivity index (χ0) is 12.1. The number of benzene rings is 1. The first kappa shape index (κ1) is 12.0. The molecule has 0 radical (unpaired) electrons. The first-order chi connectivity index (χ1) is 8.31. The highest BCUT2D eigenvalue weighted by Crippen LogP contribution is 2.28. The molecule has 2 N–H and O–H groups in total. The molecule has 1 aromatic carbocycles. The van der Waals surface area contributed by atoms with Crippen molar-refractivity contribution >= 4 is 11.6 Å². The SMILES string of the molecule is NCc1cccc(Cl)c1OCCn1ccnc1. The normalized spacial score (nSPS) is 10.5. The number of hydrogen-bond donors (Lipinski definition) is 1. The Bertz CT molecular complexity index is 471. The number of para-hydroxylation sites is 1. The fourth-order valence-corrected chi connectivity index (χ4v) is 1.80. The standard InChI is InChI=1S/C12H14ClN3O/c13-11-3-1-2-10(8-14)12(11)17-7-6-16-5-4-15-9-16/h1-5,9H,6-8,14H2. The van der Waals surface area contributed by atoms with Crippen LogP contribution in [0.5, 0.6) is 5.75 Å². The number of nitrogens with zero attached hydrogens (tertiary/aromatic N) is 2. The number of halogens is 1. The van der Waals surface area contributed by atoms with Crippen LogP contribution >= 0.6 is 11.6 Å². The Labute approximate surface area is 105 Å². The first-order valence-corrected chi connectivity index (χ1v) is 5.75. The lowest BCUT2D eigenvalue weighted by Gasteiger charge is -2.12. The average Bonchev–Trinajstić information content (AvgIpc) is 2.84. The Morgan fingerprint density at radius 1 is 1.41 bits per heavy atom. The summed E-state index contributed by atoms with van der Waals surface area (Å²) in [5.74, 6) is 0.678. The Kier molecular flexibility index (Phi) is 4.01. The molecule has 0 saturated heterocycles. The monoisotopic (exact) mass is 251 g/mol. The molecule has 0 bridgehead atoms. The van der Waals surface area contributed by atoms with Gasteiger partial charge in [-0.15, -0.1) is 0 Å². The largest absolute Gasteiger partial charge is 0.490 e. The minimum Gasteiger partial charge on any atom is -0.490 e. The second-order valence-corrected chi connectivity index (χ2v) is 3.99. The molecule has 0 aliphatic heterocycles. The first-order valence-electron chi connectivity index (χ1n) is 5.37. The smallest absolute Gasteiger partial charge is 0.142 e. The predicted octanol–water partition coefficient (Wildman–Crippen LogP) is 2.07. The van der Waals surface area contributed by atoms with E-state index in [-0.39, 0.29) is 0 Å². The third-order valence-electron chi connectivity index (χ3n) is 2.42. The Balaban J connectivity index is 1.98. The number of nitrogens with two attached hydrogens (primary N) is 1. The molecule has 2 rings (SSSR count). The zero-order valence-corrected chi connectivity index (χ0v) is 10.1. The molecule has 0 aliphatic rings. The van der Waals surface area contributed by atoms with Crippen LogP contribution in [0.3, 0.4) is 0 Å². The molecule has 5 heteroatoms. The maximum Gasteiger partial charge on any atom is 0.142 e. The third-order valence-corrected chi connectivity index (χ3v) is 2.72. The van der Waals surface area contributed by atoms with Gasteiger partial charge in [0.05, 0.1) is 17.9 Å². The highest BCUT2D eigenvalue weighted by Gasteiger charge is 2.06. The van der Waals surface area contributed by atoms with E-state index in [0.29, 0.717) is 23.9 Å². The molecular formula is C12H14ClN3O. The number of aromatic nitrogens is 2. The van der Waals surface area contributed by atoms with Crippen LogP contribution in [0, 0.1) is 0 Å². The second kappa shape index (κ2) is 5.70. The second-order valence-electron chi connectivity index (χ2n) is 3.58. The average molecular weight is 252 g/mol. The van der Waals surface area contributed by atoms with Crippen LogP contribution in [-0.2, 0) is 13.1 Å². The van der Waals surface area contributed by atoms with E-state index in [0.717, 1.165) is 12.1 Å². The van der Waals surface area contributed by atoms with Crippen molar-refractivity contribution in [3.63, 3.8) is 0 Å². The molecule has 0 aliphatic carbocycles. The molecular weight excluding hydrogens is 238 g/mol. The van der Waals surface area contributed by atoms with Crippen molar-refractivity contribution in [2.45, 2.75) is 13.1 Å².